The van der Waals surface area contributed by atoms with E-state index in [1.54, 1.807) is 6.07 Å². The van der Waals surface area contributed by atoms with Gasteiger partial charge in [-0.3, -0.25) is 4.79 Å². The minimum atomic E-state index is -0.437. The van der Waals surface area contributed by atoms with Gasteiger partial charge in [0.15, 0.2) is 0 Å². The molecule has 0 N–H and O–H groups in total. The average molecular weight is 455 g/mol. The molecular formula is C24H24ClFN4O2. The molecule has 1 fully saturated rings. The van der Waals surface area contributed by atoms with Crippen molar-refractivity contribution in [3.05, 3.63) is 76.8 Å². The van der Waals surface area contributed by atoms with Crippen LogP contribution in [0.4, 0.5) is 10.2 Å². The van der Waals surface area contributed by atoms with Gasteiger partial charge in [-0.1, -0.05) is 30.7 Å². The Morgan fingerprint density at radius 1 is 1.16 bits per heavy atom. The molecular weight excluding hydrogens is 431 g/mol. The number of hydrogen-bond acceptors (Lipinski definition) is 5. The summed E-state index contributed by atoms with van der Waals surface area (Å²) < 4.78 is 19.0. The maximum absolute atomic E-state index is 13.3. The van der Waals surface area contributed by atoms with Gasteiger partial charge >= 0.3 is 0 Å². The van der Waals surface area contributed by atoms with E-state index in [2.05, 4.69) is 21.8 Å². The fourth-order valence-corrected chi connectivity index (χ4v) is 3.95. The Morgan fingerprint density at radius 2 is 1.94 bits per heavy atom. The van der Waals surface area contributed by atoms with Crippen molar-refractivity contribution in [1.29, 1.82) is 0 Å². The molecule has 1 saturated heterocycles. The Hall–Kier alpha value is -3.19. The van der Waals surface area contributed by atoms with Gasteiger partial charge in [0.2, 0.25) is 5.88 Å². The molecule has 6 nitrogen and oxygen atoms in total. The summed E-state index contributed by atoms with van der Waals surface area (Å²) in [6.07, 6.45) is 2.36. The summed E-state index contributed by atoms with van der Waals surface area (Å²) in [7, 11) is 0. The number of piperazine rings is 1. The molecule has 4 rings (SSSR count). The lowest BCUT2D eigenvalue weighted by Crippen LogP contribution is -2.54. The second kappa shape index (κ2) is 9.53. The van der Waals surface area contributed by atoms with Crippen molar-refractivity contribution in [3.8, 4) is 11.6 Å². The second-order valence-electron chi connectivity index (χ2n) is 7.74. The fourth-order valence-electron chi connectivity index (χ4n) is 3.75. The van der Waals surface area contributed by atoms with E-state index in [4.69, 9.17) is 16.3 Å². The van der Waals surface area contributed by atoms with Crippen LogP contribution in [-0.4, -0.2) is 46.5 Å². The third-order valence-electron chi connectivity index (χ3n) is 5.56. The van der Waals surface area contributed by atoms with Crippen molar-refractivity contribution in [1.82, 2.24) is 14.9 Å². The van der Waals surface area contributed by atoms with E-state index in [0.29, 0.717) is 42.6 Å². The van der Waals surface area contributed by atoms with Crippen molar-refractivity contribution in [2.75, 3.05) is 24.5 Å². The molecule has 2 aromatic carbocycles. The lowest BCUT2D eigenvalue weighted by molar-refractivity contribution is 0.0673. The van der Waals surface area contributed by atoms with E-state index in [1.165, 1.54) is 30.1 Å². The molecule has 0 saturated carbocycles. The number of aryl methyl sites for hydroxylation is 1. The smallest absolute Gasteiger partial charge is 0.254 e. The quantitative estimate of drug-likeness (QED) is 0.544. The van der Waals surface area contributed by atoms with Gasteiger partial charge in [0, 0.05) is 37.3 Å². The molecule has 1 atom stereocenters. The van der Waals surface area contributed by atoms with Crippen molar-refractivity contribution in [2.45, 2.75) is 26.3 Å². The SMILES string of the molecule is CCc1ccc(C(=O)N2CCN(c3cc(Oc4ccc(F)cc4Cl)ncn3)C[C@@H]2C)cc1. The molecule has 32 heavy (non-hydrogen) atoms. The molecule has 2 heterocycles. The van der Waals surface area contributed by atoms with E-state index in [1.807, 2.05) is 36.1 Å². The van der Waals surface area contributed by atoms with Gasteiger partial charge in [-0.05, 0) is 49.2 Å². The molecule has 1 amide bonds. The summed E-state index contributed by atoms with van der Waals surface area (Å²) in [5.41, 5.74) is 1.92. The molecule has 0 aliphatic carbocycles. The van der Waals surface area contributed by atoms with Gasteiger partial charge < -0.3 is 14.5 Å². The predicted molar refractivity (Wildman–Crippen MR) is 122 cm³/mol. The first-order valence-electron chi connectivity index (χ1n) is 10.5. The van der Waals surface area contributed by atoms with Gasteiger partial charge in [-0.25, -0.2) is 14.4 Å². The van der Waals surface area contributed by atoms with Crippen LogP contribution in [0.2, 0.25) is 5.02 Å². The third-order valence-corrected chi connectivity index (χ3v) is 5.85. The number of rotatable bonds is 5. The van der Waals surface area contributed by atoms with E-state index in [0.717, 1.165) is 6.42 Å². The Bertz CT molecular complexity index is 1110. The molecule has 1 aliphatic heterocycles. The van der Waals surface area contributed by atoms with E-state index < -0.39 is 5.82 Å². The third kappa shape index (κ3) is 4.83. The van der Waals surface area contributed by atoms with Crippen molar-refractivity contribution < 1.29 is 13.9 Å². The first kappa shape index (κ1) is 22.0. The van der Waals surface area contributed by atoms with E-state index in [-0.39, 0.29) is 17.0 Å². The second-order valence-corrected chi connectivity index (χ2v) is 8.14. The number of hydrogen-bond donors (Lipinski definition) is 0. The molecule has 1 aliphatic rings. The van der Waals surface area contributed by atoms with Gasteiger partial charge in [0.05, 0.1) is 5.02 Å². The van der Waals surface area contributed by atoms with Crippen LogP contribution in [0.3, 0.4) is 0 Å². The molecule has 8 heteroatoms. The summed E-state index contributed by atoms with van der Waals surface area (Å²) in [6.45, 7) is 5.97. The van der Waals surface area contributed by atoms with E-state index >= 15 is 0 Å². The topological polar surface area (TPSA) is 58.6 Å². The highest BCUT2D eigenvalue weighted by Gasteiger charge is 2.29. The first-order chi connectivity index (χ1) is 15.4. The zero-order chi connectivity index (χ0) is 22.7. The largest absolute Gasteiger partial charge is 0.437 e. The summed E-state index contributed by atoms with van der Waals surface area (Å²) in [6, 6.07) is 13.4. The molecule has 0 spiro atoms. The number of ether oxygens (including phenoxy) is 1. The standard InChI is InChI=1S/C24H24ClFN4O2/c1-3-17-4-6-18(7-5-17)24(31)30-11-10-29(14-16(30)2)22-13-23(28-15-27-22)32-21-9-8-19(26)12-20(21)25/h4-9,12-13,15-16H,3,10-11,14H2,1-2H3/t16-/m0/s1. The average Bonchev–Trinajstić information content (AvgIpc) is 2.81. The van der Waals surface area contributed by atoms with Crippen molar-refractivity contribution in [3.63, 3.8) is 0 Å². The van der Waals surface area contributed by atoms with Crippen LogP contribution in [0.25, 0.3) is 0 Å². The lowest BCUT2D eigenvalue weighted by atomic mass is 10.1. The summed E-state index contributed by atoms with van der Waals surface area (Å²) in [5, 5.41) is 0.165. The highest BCUT2D eigenvalue weighted by Crippen LogP contribution is 2.30. The molecule has 166 valence electrons. The maximum Gasteiger partial charge on any atom is 0.254 e. The zero-order valence-corrected chi connectivity index (χ0v) is 18.7. The van der Waals surface area contributed by atoms with Crippen LogP contribution in [0.5, 0.6) is 11.6 Å². The zero-order valence-electron chi connectivity index (χ0n) is 18.0. The highest BCUT2D eigenvalue weighted by atomic mass is 35.5. The number of nitrogens with zero attached hydrogens (tertiary/aromatic N) is 4. The van der Waals surface area contributed by atoms with Crippen LogP contribution in [0.1, 0.15) is 29.8 Å². The highest BCUT2D eigenvalue weighted by molar-refractivity contribution is 6.32. The molecule has 0 bridgehead atoms. The number of carbonyl (C=O) groups excluding carboxylic acids is 1. The number of benzene rings is 2. The molecule has 3 aromatic rings. The van der Waals surface area contributed by atoms with Crippen LogP contribution in [0, 0.1) is 5.82 Å². The Kier molecular flexibility index (Phi) is 6.55. The van der Waals surface area contributed by atoms with Crippen LogP contribution in [0.15, 0.2) is 54.9 Å². The Morgan fingerprint density at radius 3 is 2.62 bits per heavy atom. The van der Waals surface area contributed by atoms with Crippen LogP contribution >= 0.6 is 11.6 Å². The van der Waals surface area contributed by atoms with E-state index in [9.17, 15) is 9.18 Å². The van der Waals surface area contributed by atoms with Gasteiger partial charge in [0.25, 0.3) is 5.91 Å². The number of halogens is 2. The number of amides is 1. The maximum atomic E-state index is 13.3. The lowest BCUT2D eigenvalue weighted by Gasteiger charge is -2.40. The summed E-state index contributed by atoms with van der Waals surface area (Å²) >= 11 is 6.04. The molecule has 1 aromatic heterocycles. The number of aromatic nitrogens is 2. The normalized spacial score (nSPS) is 16.2. The fraction of sp³-hybridized carbons (Fsp3) is 0.292. The Balaban J connectivity index is 1.43. The molecule has 0 unspecified atom stereocenters. The molecule has 0 radical (unpaired) electrons. The van der Waals surface area contributed by atoms with Crippen molar-refractivity contribution >= 4 is 23.3 Å². The van der Waals surface area contributed by atoms with Crippen molar-refractivity contribution in [2.24, 2.45) is 0 Å². The first-order valence-corrected chi connectivity index (χ1v) is 10.9. The summed E-state index contributed by atoms with van der Waals surface area (Å²) in [5.74, 6) is 0.923. The van der Waals surface area contributed by atoms with Crippen LogP contribution < -0.4 is 9.64 Å². The van der Waals surface area contributed by atoms with Gasteiger partial charge in [-0.2, -0.15) is 0 Å². The monoisotopic (exact) mass is 454 g/mol. The Labute approximate surface area is 191 Å². The number of anilines is 1. The minimum Gasteiger partial charge on any atom is -0.437 e. The number of carbonyl (C=O) groups is 1. The van der Waals surface area contributed by atoms with Gasteiger partial charge in [0.1, 0.15) is 23.7 Å². The van der Waals surface area contributed by atoms with Crippen LogP contribution in [-0.2, 0) is 6.42 Å². The predicted octanol–water partition coefficient (Wildman–Crippen LogP) is 4.97. The minimum absolute atomic E-state index is 0.00739. The van der Waals surface area contributed by atoms with Gasteiger partial charge in [-0.15, -0.1) is 0 Å². The summed E-state index contributed by atoms with van der Waals surface area (Å²) in [4.78, 5) is 25.5.